The summed E-state index contributed by atoms with van der Waals surface area (Å²) in [4.78, 5) is 25.1. The fourth-order valence-electron chi connectivity index (χ4n) is 2.34. The highest BCUT2D eigenvalue weighted by atomic mass is 79.9. The quantitative estimate of drug-likeness (QED) is 0.583. The molecule has 0 atom stereocenters. The number of benzene rings is 2. The van der Waals surface area contributed by atoms with Gasteiger partial charge in [0.25, 0.3) is 0 Å². The van der Waals surface area contributed by atoms with E-state index in [1.165, 1.54) is 0 Å². The predicted octanol–water partition coefficient (Wildman–Crippen LogP) is 4.01. The lowest BCUT2D eigenvalue weighted by Crippen LogP contribution is -2.31. The Bertz CT molecular complexity index is 674. The van der Waals surface area contributed by atoms with Gasteiger partial charge in [0.15, 0.2) is 15.9 Å². The van der Waals surface area contributed by atoms with E-state index in [2.05, 4.69) is 15.9 Å². The molecule has 0 N–H and O–H groups in total. The molecule has 94 valence electrons. The van der Waals surface area contributed by atoms with Gasteiger partial charge < -0.3 is 0 Å². The fourth-order valence-corrected chi connectivity index (χ4v) is 3.50. The molecule has 2 nitrogen and oxygen atoms in total. The van der Waals surface area contributed by atoms with E-state index in [4.69, 9.17) is 11.6 Å². The number of fused-ring (bicyclic) bond motifs is 1. The van der Waals surface area contributed by atoms with Crippen LogP contribution in [0.1, 0.15) is 26.3 Å². The molecule has 0 saturated heterocycles. The smallest absolute Gasteiger partial charge is 0.192 e. The summed E-state index contributed by atoms with van der Waals surface area (Å²) >= 11 is 9.47. The molecule has 19 heavy (non-hydrogen) atoms. The van der Waals surface area contributed by atoms with Crippen molar-refractivity contribution in [3.05, 3.63) is 70.2 Å². The van der Waals surface area contributed by atoms with Gasteiger partial charge in [-0.15, -0.1) is 0 Å². The van der Waals surface area contributed by atoms with Gasteiger partial charge in [-0.1, -0.05) is 70.0 Å². The highest BCUT2D eigenvalue weighted by molar-refractivity contribution is 9.10. The van der Waals surface area contributed by atoms with Crippen LogP contribution in [0.25, 0.3) is 0 Å². The molecule has 0 heterocycles. The largest absolute Gasteiger partial charge is 0.292 e. The van der Waals surface area contributed by atoms with Crippen molar-refractivity contribution in [1.82, 2.24) is 0 Å². The van der Waals surface area contributed by atoms with Crippen LogP contribution in [0.4, 0.5) is 0 Å². The molecule has 0 aromatic heterocycles. The van der Waals surface area contributed by atoms with Crippen molar-refractivity contribution in [2.45, 2.75) is 4.32 Å². The first-order chi connectivity index (χ1) is 9.06. The van der Waals surface area contributed by atoms with Crippen LogP contribution in [0.3, 0.4) is 0 Å². The van der Waals surface area contributed by atoms with Crippen molar-refractivity contribution in [3.63, 3.8) is 0 Å². The maximum absolute atomic E-state index is 12.6. The first-order valence-electron chi connectivity index (χ1n) is 5.69. The third-order valence-electron chi connectivity index (χ3n) is 3.29. The number of ketones is 2. The van der Waals surface area contributed by atoms with E-state index in [1.54, 1.807) is 48.5 Å². The summed E-state index contributed by atoms with van der Waals surface area (Å²) in [6.45, 7) is 0. The van der Waals surface area contributed by atoms with Gasteiger partial charge in [0, 0.05) is 21.7 Å². The zero-order valence-corrected chi connectivity index (χ0v) is 12.0. The van der Waals surface area contributed by atoms with Gasteiger partial charge in [0.05, 0.1) is 0 Å². The third kappa shape index (κ3) is 1.62. The first-order valence-corrected chi connectivity index (χ1v) is 6.86. The van der Waals surface area contributed by atoms with Gasteiger partial charge in [-0.25, -0.2) is 0 Å². The predicted molar refractivity (Wildman–Crippen MR) is 77.2 cm³/mol. The average Bonchev–Trinajstić information content (AvgIpc) is 2.63. The van der Waals surface area contributed by atoms with Crippen molar-refractivity contribution in [3.8, 4) is 0 Å². The number of carbonyl (C=O) groups excluding carboxylic acids is 2. The molecule has 0 amide bonds. The van der Waals surface area contributed by atoms with E-state index >= 15 is 0 Å². The molecule has 1 aliphatic rings. The van der Waals surface area contributed by atoms with E-state index < -0.39 is 4.32 Å². The second kappa shape index (κ2) is 4.29. The number of hydrogen-bond donors (Lipinski definition) is 0. The van der Waals surface area contributed by atoms with Crippen molar-refractivity contribution in [1.29, 1.82) is 0 Å². The Hall–Kier alpha value is -1.45. The normalized spacial score (nSPS) is 16.5. The molecule has 0 spiro atoms. The molecule has 0 bridgehead atoms. The molecule has 0 saturated carbocycles. The average molecular weight is 336 g/mol. The van der Waals surface area contributed by atoms with Gasteiger partial charge >= 0.3 is 0 Å². The van der Waals surface area contributed by atoms with Crippen LogP contribution < -0.4 is 0 Å². The highest BCUT2D eigenvalue weighted by Crippen LogP contribution is 2.46. The van der Waals surface area contributed by atoms with Crippen molar-refractivity contribution < 1.29 is 9.59 Å². The Labute approximate surface area is 123 Å². The van der Waals surface area contributed by atoms with Crippen LogP contribution in [0, 0.1) is 0 Å². The molecule has 3 rings (SSSR count). The Morgan fingerprint density at radius 1 is 0.842 bits per heavy atom. The fraction of sp³-hybridized carbons (Fsp3) is 0.0667. The van der Waals surface area contributed by atoms with E-state index in [1.807, 2.05) is 0 Å². The molecule has 2 aromatic carbocycles. The maximum atomic E-state index is 12.6. The van der Waals surface area contributed by atoms with Crippen molar-refractivity contribution >= 4 is 39.1 Å². The van der Waals surface area contributed by atoms with Gasteiger partial charge in [0.2, 0.25) is 0 Å². The second-order valence-corrected chi connectivity index (χ2v) is 5.94. The lowest BCUT2D eigenvalue weighted by molar-refractivity contribution is 0.0871. The molecular formula is C15H8BrClO2. The van der Waals surface area contributed by atoms with E-state index in [0.717, 1.165) is 0 Å². The number of hydrogen-bond acceptors (Lipinski definition) is 2. The maximum Gasteiger partial charge on any atom is 0.192 e. The molecule has 0 aliphatic heterocycles. The van der Waals surface area contributed by atoms with Gasteiger partial charge in [-0.05, 0) is 6.07 Å². The number of rotatable bonds is 1. The minimum atomic E-state index is -1.39. The molecule has 0 radical (unpaired) electrons. The minimum absolute atomic E-state index is 0.263. The Balaban J connectivity index is 2.26. The van der Waals surface area contributed by atoms with Gasteiger partial charge in [0.1, 0.15) is 0 Å². The molecule has 0 unspecified atom stereocenters. The molecular weight excluding hydrogens is 328 g/mol. The topological polar surface area (TPSA) is 34.1 Å². The molecule has 4 heteroatoms. The highest BCUT2D eigenvalue weighted by Gasteiger charge is 2.53. The zero-order valence-electron chi connectivity index (χ0n) is 9.69. The summed E-state index contributed by atoms with van der Waals surface area (Å²) in [5, 5.41) is 0.397. The van der Waals surface area contributed by atoms with Crippen molar-refractivity contribution in [2.24, 2.45) is 0 Å². The van der Waals surface area contributed by atoms with Gasteiger partial charge in [-0.3, -0.25) is 9.59 Å². The van der Waals surface area contributed by atoms with E-state index in [-0.39, 0.29) is 11.6 Å². The van der Waals surface area contributed by atoms with Crippen LogP contribution >= 0.6 is 27.5 Å². The number of halogens is 2. The summed E-state index contributed by atoms with van der Waals surface area (Å²) in [6.07, 6.45) is 0. The minimum Gasteiger partial charge on any atom is -0.292 e. The SMILES string of the molecule is O=C1c2ccccc2C(=O)C1(Br)c1ccccc1Cl. The van der Waals surface area contributed by atoms with E-state index in [0.29, 0.717) is 21.7 Å². The lowest BCUT2D eigenvalue weighted by atomic mass is 9.94. The summed E-state index contributed by atoms with van der Waals surface area (Å²) in [6, 6.07) is 13.7. The summed E-state index contributed by atoms with van der Waals surface area (Å²) < 4.78 is -1.39. The first kappa shape index (κ1) is 12.6. The second-order valence-electron chi connectivity index (χ2n) is 4.34. The number of carbonyl (C=O) groups is 2. The standard InChI is InChI=1S/C15H8BrClO2/c16-15(11-7-3-4-8-12(11)17)13(18)9-5-1-2-6-10(9)14(15)19/h1-8H. The van der Waals surface area contributed by atoms with Gasteiger partial charge in [-0.2, -0.15) is 0 Å². The molecule has 1 aliphatic carbocycles. The molecule has 2 aromatic rings. The van der Waals surface area contributed by atoms with Crippen LogP contribution in [0.2, 0.25) is 5.02 Å². The monoisotopic (exact) mass is 334 g/mol. The number of alkyl halides is 1. The lowest BCUT2D eigenvalue weighted by Gasteiger charge is -2.19. The Morgan fingerprint density at radius 2 is 1.32 bits per heavy atom. The third-order valence-corrected chi connectivity index (χ3v) is 4.76. The van der Waals surface area contributed by atoms with Crippen LogP contribution in [0.15, 0.2) is 48.5 Å². The molecule has 0 fully saturated rings. The number of Topliss-reactive ketones (excluding diaryl/α,β-unsaturated/α-hetero) is 2. The Morgan fingerprint density at radius 3 is 1.84 bits per heavy atom. The van der Waals surface area contributed by atoms with Crippen LogP contribution in [-0.2, 0) is 4.32 Å². The van der Waals surface area contributed by atoms with Crippen molar-refractivity contribution in [2.75, 3.05) is 0 Å². The zero-order chi connectivity index (χ0) is 13.6. The summed E-state index contributed by atoms with van der Waals surface area (Å²) in [5.41, 5.74) is 1.36. The Kier molecular flexibility index (Phi) is 2.84. The van der Waals surface area contributed by atoms with Crippen LogP contribution in [0.5, 0.6) is 0 Å². The van der Waals surface area contributed by atoms with E-state index in [9.17, 15) is 9.59 Å². The summed E-state index contributed by atoms with van der Waals surface area (Å²) in [7, 11) is 0. The summed E-state index contributed by atoms with van der Waals surface area (Å²) in [5.74, 6) is -0.526. The van der Waals surface area contributed by atoms with Crippen LogP contribution in [-0.4, -0.2) is 11.6 Å².